The van der Waals surface area contributed by atoms with Crippen LogP contribution in [0.4, 0.5) is 10.1 Å². The van der Waals surface area contributed by atoms with Crippen molar-refractivity contribution < 1.29 is 9.13 Å². The molecule has 3 N–H and O–H groups in total. The number of nitrogens with one attached hydrogen (secondary N) is 1. The summed E-state index contributed by atoms with van der Waals surface area (Å²) in [6.07, 6.45) is 1.61. The lowest BCUT2D eigenvalue weighted by Crippen LogP contribution is -2.22. The van der Waals surface area contributed by atoms with Crippen LogP contribution in [0.5, 0.6) is 11.6 Å². The van der Waals surface area contributed by atoms with Gasteiger partial charge < -0.3 is 15.8 Å². The van der Waals surface area contributed by atoms with E-state index in [9.17, 15) is 4.39 Å². The van der Waals surface area contributed by atoms with Crippen molar-refractivity contribution in [1.82, 2.24) is 4.98 Å². The molecule has 28 heavy (non-hydrogen) atoms. The molecule has 0 saturated heterocycles. The van der Waals surface area contributed by atoms with Crippen LogP contribution in [-0.4, -0.2) is 10.9 Å². The molecule has 146 valence electrons. The molecule has 0 saturated carbocycles. The van der Waals surface area contributed by atoms with Crippen LogP contribution in [0.1, 0.15) is 16.7 Å². The maximum Gasteiger partial charge on any atom is 0.224 e. The van der Waals surface area contributed by atoms with Crippen LogP contribution in [0.25, 0.3) is 0 Å². The number of hydrogen-bond acceptors (Lipinski definition) is 3. The van der Waals surface area contributed by atoms with E-state index in [0.29, 0.717) is 17.6 Å². The third-order valence-electron chi connectivity index (χ3n) is 3.77. The van der Waals surface area contributed by atoms with Crippen molar-refractivity contribution in [2.45, 2.75) is 20.4 Å². The van der Waals surface area contributed by atoms with Gasteiger partial charge in [0.15, 0.2) is 5.96 Å². The minimum Gasteiger partial charge on any atom is -0.439 e. The van der Waals surface area contributed by atoms with Crippen LogP contribution < -0.4 is 15.8 Å². The van der Waals surface area contributed by atoms with Crippen LogP contribution in [0.2, 0.25) is 0 Å². The van der Waals surface area contributed by atoms with Gasteiger partial charge in [0.1, 0.15) is 11.6 Å². The average Bonchev–Trinajstić information content (AvgIpc) is 2.60. The van der Waals surface area contributed by atoms with Crippen molar-refractivity contribution in [3.63, 3.8) is 0 Å². The van der Waals surface area contributed by atoms with E-state index in [1.807, 2.05) is 32.0 Å². The van der Waals surface area contributed by atoms with E-state index in [1.54, 1.807) is 24.4 Å². The summed E-state index contributed by atoms with van der Waals surface area (Å²) in [5, 5.41) is 3.09. The monoisotopic (exact) mass is 492 g/mol. The van der Waals surface area contributed by atoms with Crippen LogP contribution in [-0.2, 0) is 6.54 Å². The van der Waals surface area contributed by atoms with E-state index in [1.165, 1.54) is 12.1 Å². The number of hydrogen-bond donors (Lipinski definition) is 2. The van der Waals surface area contributed by atoms with Gasteiger partial charge in [0.05, 0.1) is 6.54 Å². The number of nitrogens with two attached hydrogens (primary N) is 1. The molecule has 3 aromatic rings. The molecule has 0 bridgehead atoms. The molecular formula is C21H22FIN4O. The number of guanidine groups is 1. The molecule has 5 nitrogen and oxygen atoms in total. The van der Waals surface area contributed by atoms with Gasteiger partial charge in [-0.3, -0.25) is 0 Å². The van der Waals surface area contributed by atoms with E-state index >= 15 is 0 Å². The Hall–Kier alpha value is -2.68. The fourth-order valence-corrected chi connectivity index (χ4v) is 2.68. The second-order valence-electron chi connectivity index (χ2n) is 6.23. The maximum absolute atomic E-state index is 13.3. The molecule has 0 radical (unpaired) electrons. The largest absolute Gasteiger partial charge is 0.439 e. The normalized spacial score (nSPS) is 10.9. The van der Waals surface area contributed by atoms with E-state index in [0.717, 1.165) is 22.4 Å². The highest BCUT2D eigenvalue weighted by molar-refractivity contribution is 14.0. The second-order valence-corrected chi connectivity index (χ2v) is 6.23. The molecule has 0 aliphatic rings. The van der Waals surface area contributed by atoms with Gasteiger partial charge in [-0.1, -0.05) is 18.2 Å². The Kier molecular flexibility index (Phi) is 7.74. The molecule has 1 aromatic heterocycles. The van der Waals surface area contributed by atoms with Crippen molar-refractivity contribution in [2.24, 2.45) is 10.7 Å². The zero-order chi connectivity index (χ0) is 19.2. The first kappa shape index (κ1) is 21.6. The van der Waals surface area contributed by atoms with Crippen molar-refractivity contribution in [2.75, 3.05) is 5.32 Å². The summed E-state index contributed by atoms with van der Waals surface area (Å²) in [4.78, 5) is 8.57. The second kappa shape index (κ2) is 10.0. The number of benzene rings is 2. The van der Waals surface area contributed by atoms with Gasteiger partial charge >= 0.3 is 0 Å². The van der Waals surface area contributed by atoms with Gasteiger partial charge in [0.2, 0.25) is 5.88 Å². The predicted octanol–water partition coefficient (Wildman–Crippen LogP) is 5.17. The molecule has 3 rings (SSSR count). The molecule has 2 aromatic carbocycles. The van der Waals surface area contributed by atoms with Gasteiger partial charge in [-0.15, -0.1) is 24.0 Å². The number of pyridine rings is 1. The molecule has 0 aliphatic heterocycles. The number of nitrogens with zero attached hydrogens (tertiary/aromatic N) is 2. The third kappa shape index (κ3) is 6.19. The summed E-state index contributed by atoms with van der Waals surface area (Å²) in [5.41, 5.74) is 9.92. The Morgan fingerprint density at radius 1 is 1.11 bits per heavy atom. The molecule has 0 fully saturated rings. The summed E-state index contributed by atoms with van der Waals surface area (Å²) >= 11 is 0. The molecular weight excluding hydrogens is 470 g/mol. The first-order chi connectivity index (χ1) is 13.0. The first-order valence-corrected chi connectivity index (χ1v) is 8.52. The molecule has 1 heterocycles. The lowest BCUT2D eigenvalue weighted by atomic mass is 10.1. The summed E-state index contributed by atoms with van der Waals surface area (Å²) in [7, 11) is 0. The standard InChI is InChI=1S/C21H21FN4O.HI/c1-14-9-15(2)11-18(10-14)26-21(23)25-13-16-5-4-8-24-20(16)27-19-7-3-6-17(22)12-19;/h3-12H,13H2,1-2H3,(H3,23,25,26);1H. The predicted molar refractivity (Wildman–Crippen MR) is 121 cm³/mol. The van der Waals surface area contributed by atoms with Gasteiger partial charge in [-0.25, -0.2) is 14.4 Å². The average molecular weight is 492 g/mol. The van der Waals surface area contributed by atoms with E-state index in [2.05, 4.69) is 21.4 Å². The lowest BCUT2D eigenvalue weighted by molar-refractivity contribution is 0.452. The number of rotatable bonds is 5. The van der Waals surface area contributed by atoms with Gasteiger partial charge in [0, 0.05) is 23.5 Å². The summed E-state index contributed by atoms with van der Waals surface area (Å²) in [5.74, 6) is 0.664. The van der Waals surface area contributed by atoms with Crippen LogP contribution in [0.3, 0.4) is 0 Å². The van der Waals surface area contributed by atoms with E-state index < -0.39 is 0 Å². The Balaban J connectivity index is 0.00000280. The summed E-state index contributed by atoms with van der Waals surface area (Å²) in [6, 6.07) is 15.6. The van der Waals surface area contributed by atoms with Crippen molar-refractivity contribution in [3.8, 4) is 11.6 Å². The maximum atomic E-state index is 13.3. The molecule has 0 spiro atoms. The fraction of sp³-hybridized carbons (Fsp3) is 0.143. The van der Waals surface area contributed by atoms with Gasteiger partial charge in [-0.2, -0.15) is 0 Å². The third-order valence-corrected chi connectivity index (χ3v) is 3.77. The van der Waals surface area contributed by atoms with E-state index in [-0.39, 0.29) is 36.3 Å². The zero-order valence-corrected chi connectivity index (χ0v) is 18.0. The highest BCUT2D eigenvalue weighted by Gasteiger charge is 2.07. The van der Waals surface area contributed by atoms with Crippen molar-refractivity contribution in [1.29, 1.82) is 0 Å². The summed E-state index contributed by atoms with van der Waals surface area (Å²) < 4.78 is 19.0. The number of anilines is 1. The number of aromatic nitrogens is 1. The Morgan fingerprint density at radius 2 is 1.86 bits per heavy atom. The molecule has 0 atom stereocenters. The molecule has 0 unspecified atom stereocenters. The zero-order valence-electron chi connectivity index (χ0n) is 15.6. The smallest absolute Gasteiger partial charge is 0.224 e. The quantitative estimate of drug-likeness (QED) is 0.293. The van der Waals surface area contributed by atoms with Gasteiger partial charge in [0.25, 0.3) is 0 Å². The number of aryl methyl sites for hydroxylation is 2. The van der Waals surface area contributed by atoms with Crippen LogP contribution >= 0.6 is 24.0 Å². The van der Waals surface area contributed by atoms with Gasteiger partial charge in [-0.05, 0) is 55.3 Å². The highest BCUT2D eigenvalue weighted by atomic mass is 127. The number of aliphatic imine (C=N–C) groups is 1. The van der Waals surface area contributed by atoms with E-state index in [4.69, 9.17) is 10.5 Å². The van der Waals surface area contributed by atoms with Crippen LogP contribution in [0, 0.1) is 19.7 Å². The first-order valence-electron chi connectivity index (χ1n) is 8.52. The molecule has 0 amide bonds. The summed E-state index contributed by atoms with van der Waals surface area (Å²) in [6.45, 7) is 4.33. The lowest BCUT2D eigenvalue weighted by Gasteiger charge is -2.10. The van der Waals surface area contributed by atoms with Crippen molar-refractivity contribution in [3.05, 3.63) is 83.3 Å². The SMILES string of the molecule is Cc1cc(C)cc(NC(N)=NCc2cccnc2Oc2cccc(F)c2)c1.I. The highest BCUT2D eigenvalue weighted by Crippen LogP contribution is 2.24. The molecule has 0 aliphatic carbocycles. The Labute approximate surface area is 180 Å². The Morgan fingerprint density at radius 3 is 2.57 bits per heavy atom. The topological polar surface area (TPSA) is 72.5 Å². The Bertz CT molecular complexity index is 958. The number of halogens is 2. The minimum atomic E-state index is -0.370. The minimum absolute atomic E-state index is 0. The van der Waals surface area contributed by atoms with Crippen molar-refractivity contribution >= 4 is 35.6 Å². The van der Waals surface area contributed by atoms with Crippen LogP contribution in [0.15, 0.2) is 65.8 Å². The fourth-order valence-electron chi connectivity index (χ4n) is 2.68. The molecule has 7 heteroatoms. The number of ether oxygens (including phenoxy) is 1.